The molecule has 1 aromatic heterocycles. The van der Waals surface area contributed by atoms with Gasteiger partial charge in [0.2, 0.25) is 11.1 Å². The first kappa shape index (κ1) is 20.6. The molecule has 1 aliphatic rings. The first-order valence-corrected chi connectivity index (χ1v) is 11.5. The third kappa shape index (κ3) is 5.49. The van der Waals surface area contributed by atoms with Crippen molar-refractivity contribution in [3.8, 4) is 11.4 Å². The molecule has 1 aliphatic heterocycles. The number of aromatic amines is 1. The summed E-state index contributed by atoms with van der Waals surface area (Å²) in [5, 5.41) is 10.7. The van der Waals surface area contributed by atoms with E-state index in [-0.39, 0.29) is 11.7 Å². The van der Waals surface area contributed by atoms with E-state index in [2.05, 4.69) is 51.7 Å². The number of hydrogen-bond donors (Lipinski definition) is 3. The van der Waals surface area contributed by atoms with Crippen LogP contribution in [0.15, 0.2) is 53.7 Å². The monoisotopic (exact) mass is 422 g/mol. The van der Waals surface area contributed by atoms with Crippen LogP contribution < -0.4 is 10.2 Å². The van der Waals surface area contributed by atoms with Crippen LogP contribution in [0.2, 0.25) is 0 Å². The van der Waals surface area contributed by atoms with E-state index in [1.54, 1.807) is 4.90 Å². The maximum atomic E-state index is 12.3. The van der Waals surface area contributed by atoms with Gasteiger partial charge in [0.05, 0.1) is 18.8 Å². The number of nitrogens with zero attached hydrogens (tertiary/aromatic N) is 2. The van der Waals surface area contributed by atoms with Crippen LogP contribution in [0.5, 0.6) is 0 Å². The summed E-state index contributed by atoms with van der Waals surface area (Å²) in [4.78, 5) is 18.4. The lowest BCUT2D eigenvalue weighted by atomic mass is 10.1. The van der Waals surface area contributed by atoms with Crippen molar-refractivity contribution in [1.82, 2.24) is 15.2 Å². The molecule has 7 heteroatoms. The Balaban J connectivity index is 1.26. The highest BCUT2D eigenvalue weighted by Crippen LogP contribution is 2.20. The maximum Gasteiger partial charge on any atom is 0.234 e. The summed E-state index contributed by atoms with van der Waals surface area (Å²) >= 11 is 1.33. The zero-order chi connectivity index (χ0) is 20.8. The van der Waals surface area contributed by atoms with E-state index in [4.69, 9.17) is 0 Å². The lowest BCUT2D eigenvalue weighted by Crippen LogP contribution is -3.08. The molecule has 0 atom stereocenters. The lowest BCUT2D eigenvalue weighted by Gasteiger charge is -2.12. The maximum absolute atomic E-state index is 12.3. The first-order chi connectivity index (χ1) is 14.7. The van der Waals surface area contributed by atoms with Gasteiger partial charge in [0, 0.05) is 29.7 Å². The van der Waals surface area contributed by atoms with Crippen LogP contribution in [0.1, 0.15) is 30.9 Å². The van der Waals surface area contributed by atoms with E-state index in [9.17, 15) is 4.79 Å². The quantitative estimate of drug-likeness (QED) is 0.488. The molecule has 156 valence electrons. The molecule has 2 aromatic carbocycles. The molecule has 0 spiro atoms. The second kappa shape index (κ2) is 9.91. The van der Waals surface area contributed by atoms with Gasteiger partial charge >= 0.3 is 0 Å². The van der Waals surface area contributed by atoms with E-state index < -0.39 is 0 Å². The topological polar surface area (TPSA) is 75.1 Å². The van der Waals surface area contributed by atoms with Crippen LogP contribution in [-0.2, 0) is 17.8 Å². The number of rotatable bonds is 8. The van der Waals surface area contributed by atoms with Crippen LogP contribution in [-0.4, -0.2) is 39.9 Å². The Bertz CT molecular complexity index is 962. The number of amides is 1. The molecule has 3 N–H and O–H groups in total. The summed E-state index contributed by atoms with van der Waals surface area (Å²) in [6.07, 6.45) is 3.67. The minimum Gasteiger partial charge on any atom is -0.331 e. The van der Waals surface area contributed by atoms with Gasteiger partial charge in [0.15, 0.2) is 5.82 Å². The number of likely N-dealkylation sites (tertiary alicyclic amines) is 1. The number of nitrogens with one attached hydrogen (secondary N) is 3. The Morgan fingerprint density at radius 2 is 1.77 bits per heavy atom. The highest BCUT2D eigenvalue weighted by atomic mass is 32.2. The van der Waals surface area contributed by atoms with Crippen molar-refractivity contribution in [2.24, 2.45) is 0 Å². The van der Waals surface area contributed by atoms with Crippen molar-refractivity contribution in [3.63, 3.8) is 0 Å². The first-order valence-electron chi connectivity index (χ1n) is 10.6. The van der Waals surface area contributed by atoms with Crippen LogP contribution in [0, 0.1) is 0 Å². The normalized spacial score (nSPS) is 14.2. The standard InChI is InChI=1S/C23H27N5OS/c1-2-17-5-9-19(10-6-17)22-25-23(27-26-22)30-16-21(29)24-20-11-7-18(8-12-20)15-28-13-3-4-14-28/h5-12H,2-4,13-16H2,1H3,(H,24,29)(H,25,26,27)/p+1. The molecule has 0 aliphatic carbocycles. The Morgan fingerprint density at radius 1 is 1.07 bits per heavy atom. The largest absolute Gasteiger partial charge is 0.331 e. The number of carbonyl (C=O) groups excluding carboxylic acids is 1. The predicted octanol–water partition coefficient (Wildman–Crippen LogP) is 2.94. The van der Waals surface area contributed by atoms with Crippen molar-refractivity contribution >= 4 is 23.4 Å². The van der Waals surface area contributed by atoms with Gasteiger partial charge in [0.25, 0.3) is 0 Å². The Kier molecular flexibility index (Phi) is 6.81. The highest BCUT2D eigenvalue weighted by molar-refractivity contribution is 7.99. The molecule has 6 nitrogen and oxygen atoms in total. The zero-order valence-corrected chi connectivity index (χ0v) is 18.1. The third-order valence-corrected chi connectivity index (χ3v) is 6.28. The molecule has 0 radical (unpaired) electrons. The Morgan fingerprint density at radius 3 is 2.47 bits per heavy atom. The summed E-state index contributed by atoms with van der Waals surface area (Å²) in [5.74, 6) is 0.930. The van der Waals surface area contributed by atoms with Gasteiger partial charge in [-0.25, -0.2) is 4.98 Å². The summed E-state index contributed by atoms with van der Waals surface area (Å²) < 4.78 is 0. The van der Waals surface area contributed by atoms with Gasteiger partial charge in [-0.05, 0) is 24.1 Å². The molecule has 1 fully saturated rings. The summed E-state index contributed by atoms with van der Waals surface area (Å²) in [6, 6.07) is 16.5. The number of thioether (sulfide) groups is 1. The number of anilines is 1. The van der Waals surface area contributed by atoms with Crippen LogP contribution in [0.4, 0.5) is 5.69 Å². The van der Waals surface area contributed by atoms with Crippen molar-refractivity contribution in [2.45, 2.75) is 37.9 Å². The minimum atomic E-state index is -0.0587. The summed E-state index contributed by atoms with van der Waals surface area (Å²) in [7, 11) is 0. The number of benzene rings is 2. The van der Waals surface area contributed by atoms with E-state index in [1.165, 1.54) is 48.8 Å². The third-order valence-electron chi connectivity index (χ3n) is 5.44. The molecule has 30 heavy (non-hydrogen) atoms. The molecule has 0 bridgehead atoms. The molecule has 1 saturated heterocycles. The average Bonchev–Trinajstić information content (AvgIpc) is 3.46. The Labute approximate surface area is 181 Å². The van der Waals surface area contributed by atoms with Crippen LogP contribution in [0.25, 0.3) is 11.4 Å². The van der Waals surface area contributed by atoms with Gasteiger partial charge in [-0.3, -0.25) is 9.89 Å². The van der Waals surface area contributed by atoms with Crippen LogP contribution >= 0.6 is 11.8 Å². The molecule has 0 saturated carbocycles. The van der Waals surface area contributed by atoms with Crippen molar-refractivity contribution in [1.29, 1.82) is 0 Å². The van der Waals surface area contributed by atoms with Gasteiger partial charge in [0.1, 0.15) is 6.54 Å². The number of quaternary nitrogens is 1. The smallest absolute Gasteiger partial charge is 0.234 e. The fourth-order valence-electron chi connectivity index (χ4n) is 3.71. The lowest BCUT2D eigenvalue weighted by molar-refractivity contribution is -0.901. The van der Waals surface area contributed by atoms with Gasteiger partial charge in [-0.15, -0.1) is 5.10 Å². The number of aromatic nitrogens is 3. The molecular weight excluding hydrogens is 394 g/mol. The summed E-state index contributed by atoms with van der Waals surface area (Å²) in [6.45, 7) is 5.73. The number of H-pyrrole nitrogens is 1. The molecule has 0 unspecified atom stereocenters. The number of aryl methyl sites for hydroxylation is 1. The van der Waals surface area contributed by atoms with Gasteiger partial charge in [-0.2, -0.15) is 0 Å². The second-order valence-corrected chi connectivity index (χ2v) is 8.63. The van der Waals surface area contributed by atoms with Crippen molar-refractivity contribution in [2.75, 3.05) is 24.2 Å². The molecule has 3 aromatic rings. The van der Waals surface area contributed by atoms with Crippen molar-refractivity contribution in [3.05, 3.63) is 59.7 Å². The SMILES string of the molecule is CCc1ccc(-c2nc(SCC(=O)Nc3ccc(C[NH+]4CCCC4)cc3)n[nH]2)cc1. The molecule has 1 amide bonds. The fraction of sp³-hybridized carbons (Fsp3) is 0.348. The summed E-state index contributed by atoms with van der Waals surface area (Å²) in [5.41, 5.74) is 4.42. The van der Waals surface area contributed by atoms with E-state index in [0.29, 0.717) is 5.16 Å². The predicted molar refractivity (Wildman–Crippen MR) is 121 cm³/mol. The molecule has 4 rings (SSSR count). The molecular formula is C23H28N5OS+. The number of hydrogen-bond acceptors (Lipinski definition) is 4. The molecule has 2 heterocycles. The zero-order valence-electron chi connectivity index (χ0n) is 17.3. The van der Waals surface area contributed by atoms with E-state index in [1.807, 2.05) is 24.3 Å². The second-order valence-electron chi connectivity index (χ2n) is 7.68. The highest BCUT2D eigenvalue weighted by Gasteiger charge is 2.15. The van der Waals surface area contributed by atoms with Gasteiger partial charge < -0.3 is 10.2 Å². The van der Waals surface area contributed by atoms with E-state index in [0.717, 1.165) is 30.0 Å². The average molecular weight is 423 g/mol. The van der Waals surface area contributed by atoms with E-state index >= 15 is 0 Å². The fourth-order valence-corrected chi connectivity index (χ4v) is 4.31. The van der Waals surface area contributed by atoms with Crippen LogP contribution in [0.3, 0.4) is 0 Å². The Hall–Kier alpha value is -2.64. The minimum absolute atomic E-state index is 0.0587. The van der Waals surface area contributed by atoms with Gasteiger partial charge in [-0.1, -0.05) is 55.1 Å². The van der Waals surface area contributed by atoms with Crippen molar-refractivity contribution < 1.29 is 9.69 Å². The number of carbonyl (C=O) groups is 1.